The highest BCUT2D eigenvalue weighted by Crippen LogP contribution is 2.12. The maximum atomic E-state index is 12.1. The lowest BCUT2D eigenvalue weighted by Crippen LogP contribution is -2.34. The minimum Gasteiger partial charge on any atom is -0.332 e. The third kappa shape index (κ3) is 9.65. The fourth-order valence-corrected chi connectivity index (χ4v) is 2.91. The van der Waals surface area contributed by atoms with Gasteiger partial charge in [0, 0.05) is 24.1 Å². The van der Waals surface area contributed by atoms with Crippen LogP contribution >= 0.6 is 24.6 Å². The van der Waals surface area contributed by atoms with Crippen LogP contribution < -0.4 is 10.6 Å². The molecule has 7 heteroatoms. The Labute approximate surface area is 184 Å². The predicted molar refractivity (Wildman–Crippen MR) is 125 cm³/mol. The van der Waals surface area contributed by atoms with Crippen LogP contribution in [-0.2, 0) is 11.2 Å². The summed E-state index contributed by atoms with van der Waals surface area (Å²) < 4.78 is 0. The van der Waals surface area contributed by atoms with Gasteiger partial charge in [0.25, 0.3) is 5.91 Å². The van der Waals surface area contributed by atoms with Crippen LogP contribution in [-0.4, -0.2) is 42.3 Å². The van der Waals surface area contributed by atoms with Crippen molar-refractivity contribution < 1.29 is 9.59 Å². The zero-order chi connectivity index (χ0) is 20.4. The molecule has 2 aromatic carbocycles. The van der Waals surface area contributed by atoms with E-state index in [1.165, 1.54) is 0 Å². The fraction of sp³-hybridized carbons (Fsp3) is 0.318. The van der Waals surface area contributed by atoms with Crippen LogP contribution in [0.1, 0.15) is 35.2 Å². The van der Waals surface area contributed by atoms with Gasteiger partial charge >= 0.3 is 0 Å². The van der Waals surface area contributed by atoms with E-state index in [0.717, 1.165) is 30.6 Å². The minimum atomic E-state index is -0.255. The van der Waals surface area contributed by atoms with Crippen molar-refractivity contribution in [2.75, 3.05) is 26.0 Å². The molecule has 2 N–H and O–H groups in total. The van der Waals surface area contributed by atoms with E-state index in [1.54, 1.807) is 24.3 Å². The fourth-order valence-electron chi connectivity index (χ4n) is 2.70. The average Bonchev–Trinajstić information content (AvgIpc) is 2.67. The second-order valence-corrected chi connectivity index (χ2v) is 7.36. The van der Waals surface area contributed by atoms with Crippen molar-refractivity contribution in [3.05, 3.63) is 65.7 Å². The third-order valence-electron chi connectivity index (χ3n) is 4.19. The molecule has 0 aliphatic carbocycles. The molecule has 0 atom stereocenters. The third-order valence-corrected chi connectivity index (χ3v) is 4.39. The van der Waals surface area contributed by atoms with Gasteiger partial charge in [-0.1, -0.05) is 30.3 Å². The number of hydrogen-bond donors (Lipinski definition) is 2. The van der Waals surface area contributed by atoms with Crippen LogP contribution in [0, 0.1) is 0 Å². The lowest BCUT2D eigenvalue weighted by atomic mass is 10.0. The molecule has 0 heterocycles. The predicted octanol–water partition coefficient (Wildman–Crippen LogP) is 4.08. The number of rotatable bonds is 9. The molecule has 1 amide bonds. The maximum Gasteiger partial charge on any atom is 0.257 e. The van der Waals surface area contributed by atoms with E-state index in [9.17, 15) is 9.59 Å². The van der Waals surface area contributed by atoms with Gasteiger partial charge < -0.3 is 10.2 Å². The summed E-state index contributed by atoms with van der Waals surface area (Å²) in [4.78, 5) is 26.3. The Balaban J connectivity index is 0.00000420. The average molecular weight is 434 g/mol. The molecule has 0 aliphatic heterocycles. The van der Waals surface area contributed by atoms with Crippen molar-refractivity contribution in [2.45, 2.75) is 25.7 Å². The molecular weight excluding hydrogens is 406 g/mol. The number of nitrogens with zero attached hydrogens (tertiary/aromatic N) is 1. The van der Waals surface area contributed by atoms with Gasteiger partial charge in [-0.15, -0.1) is 12.4 Å². The monoisotopic (exact) mass is 433 g/mol. The van der Waals surface area contributed by atoms with E-state index in [4.69, 9.17) is 12.2 Å². The second kappa shape index (κ2) is 13.0. The molecule has 5 nitrogen and oxygen atoms in total. The summed E-state index contributed by atoms with van der Waals surface area (Å²) in [5, 5.41) is 5.87. The molecule has 0 unspecified atom stereocenters. The van der Waals surface area contributed by atoms with Crippen LogP contribution in [0.2, 0.25) is 0 Å². The second-order valence-electron chi connectivity index (χ2n) is 6.95. The standard InChI is InChI=1S/C22H27N3O2S.ClH/c1-25(2)15-7-6-10-20(26)16-17-11-13-19(14-12-17)23-22(28)24-21(27)18-8-4-3-5-9-18;/h3-5,8-9,11-14H,6-7,10,15-16H2,1-2H3,(H2,23,24,27,28);1H. The quantitative estimate of drug-likeness (QED) is 0.461. The molecule has 0 aromatic heterocycles. The van der Waals surface area contributed by atoms with E-state index < -0.39 is 0 Å². The summed E-state index contributed by atoms with van der Waals surface area (Å²) in [5.74, 6) is -0.000283. The Hall–Kier alpha value is -2.28. The first-order valence-corrected chi connectivity index (χ1v) is 9.77. The normalized spacial score (nSPS) is 10.2. The number of Topliss-reactive ketones (excluding diaryl/α,β-unsaturated/α-hetero) is 1. The summed E-state index contributed by atoms with van der Waals surface area (Å²) in [6.07, 6.45) is 3.01. The summed E-state index contributed by atoms with van der Waals surface area (Å²) in [7, 11) is 4.08. The number of carbonyl (C=O) groups is 2. The number of benzene rings is 2. The molecule has 0 radical (unpaired) electrons. The lowest BCUT2D eigenvalue weighted by molar-refractivity contribution is -0.118. The SMILES string of the molecule is CN(C)CCCCC(=O)Cc1ccc(NC(=S)NC(=O)c2ccccc2)cc1.Cl. The van der Waals surface area contributed by atoms with Gasteiger partial charge in [0.2, 0.25) is 0 Å². The van der Waals surface area contributed by atoms with Crippen molar-refractivity contribution >= 4 is 47.1 Å². The summed E-state index contributed by atoms with van der Waals surface area (Å²) >= 11 is 5.19. The van der Waals surface area contributed by atoms with E-state index in [0.29, 0.717) is 18.4 Å². The van der Waals surface area contributed by atoms with Crippen molar-refractivity contribution in [1.29, 1.82) is 0 Å². The smallest absolute Gasteiger partial charge is 0.257 e. The number of nitrogens with one attached hydrogen (secondary N) is 2. The van der Waals surface area contributed by atoms with Gasteiger partial charge in [0.15, 0.2) is 5.11 Å². The van der Waals surface area contributed by atoms with Crippen molar-refractivity contribution in [3.63, 3.8) is 0 Å². The first kappa shape index (κ1) is 24.8. The number of carbonyl (C=O) groups excluding carboxylic acids is 2. The molecule has 0 fully saturated rings. The van der Waals surface area contributed by atoms with Gasteiger partial charge in [0.05, 0.1) is 0 Å². The van der Waals surface area contributed by atoms with E-state index in [-0.39, 0.29) is 29.2 Å². The highest BCUT2D eigenvalue weighted by atomic mass is 35.5. The highest BCUT2D eigenvalue weighted by Gasteiger charge is 2.08. The number of ketones is 1. The Kier molecular flexibility index (Phi) is 11.1. The molecule has 0 bridgehead atoms. The molecule has 0 aliphatic rings. The number of unbranched alkanes of at least 4 members (excludes halogenated alkanes) is 1. The van der Waals surface area contributed by atoms with E-state index in [1.807, 2.05) is 44.4 Å². The number of thiocarbonyl (C=S) groups is 1. The molecular formula is C22H28ClN3O2S. The van der Waals surface area contributed by atoms with Gasteiger partial charge in [-0.2, -0.15) is 0 Å². The van der Waals surface area contributed by atoms with Crippen molar-refractivity contribution in [2.24, 2.45) is 0 Å². The zero-order valence-corrected chi connectivity index (χ0v) is 18.4. The topological polar surface area (TPSA) is 61.4 Å². The molecule has 29 heavy (non-hydrogen) atoms. The largest absolute Gasteiger partial charge is 0.332 e. The van der Waals surface area contributed by atoms with Crippen molar-refractivity contribution in [3.8, 4) is 0 Å². The maximum absolute atomic E-state index is 12.1. The first-order valence-electron chi connectivity index (χ1n) is 9.37. The van der Waals surface area contributed by atoms with Crippen LogP contribution in [0.25, 0.3) is 0 Å². The molecule has 2 rings (SSSR count). The van der Waals surface area contributed by atoms with Gasteiger partial charge in [-0.3, -0.25) is 14.9 Å². The summed E-state index contributed by atoms with van der Waals surface area (Å²) in [6.45, 7) is 1.01. The molecule has 0 saturated carbocycles. The molecule has 156 valence electrons. The lowest BCUT2D eigenvalue weighted by Gasteiger charge is -2.10. The number of anilines is 1. The van der Waals surface area contributed by atoms with Crippen LogP contribution in [0.15, 0.2) is 54.6 Å². The van der Waals surface area contributed by atoms with Crippen molar-refractivity contribution in [1.82, 2.24) is 10.2 Å². The summed E-state index contributed by atoms with van der Waals surface area (Å²) in [5.41, 5.74) is 2.29. The number of amides is 1. The Morgan fingerprint density at radius 2 is 1.62 bits per heavy atom. The minimum absolute atomic E-state index is 0. The number of halogens is 1. The molecule has 0 spiro atoms. The first-order chi connectivity index (χ1) is 13.4. The Morgan fingerprint density at radius 3 is 2.24 bits per heavy atom. The van der Waals surface area contributed by atoms with Crippen LogP contribution in [0.3, 0.4) is 0 Å². The van der Waals surface area contributed by atoms with E-state index >= 15 is 0 Å². The molecule has 0 saturated heterocycles. The van der Waals surface area contributed by atoms with E-state index in [2.05, 4.69) is 15.5 Å². The van der Waals surface area contributed by atoms with Crippen LogP contribution in [0.4, 0.5) is 5.69 Å². The summed E-state index contributed by atoms with van der Waals surface area (Å²) in [6, 6.07) is 16.4. The van der Waals surface area contributed by atoms with Crippen LogP contribution in [0.5, 0.6) is 0 Å². The highest BCUT2D eigenvalue weighted by molar-refractivity contribution is 7.80. The Bertz CT molecular complexity index is 795. The van der Waals surface area contributed by atoms with Gasteiger partial charge in [0.1, 0.15) is 5.78 Å². The Morgan fingerprint density at radius 1 is 0.966 bits per heavy atom. The number of hydrogen-bond acceptors (Lipinski definition) is 4. The molecule has 2 aromatic rings. The van der Waals surface area contributed by atoms with Gasteiger partial charge in [-0.25, -0.2) is 0 Å². The van der Waals surface area contributed by atoms with Gasteiger partial charge in [-0.05, 0) is 75.5 Å². The zero-order valence-electron chi connectivity index (χ0n) is 16.8.